The number of carbonyl (C=O) groups is 4. The Morgan fingerprint density at radius 2 is 1.74 bits per heavy atom. The van der Waals surface area contributed by atoms with Crippen LogP contribution in [0.15, 0.2) is 36.8 Å². The molecule has 0 aliphatic rings. The predicted molar refractivity (Wildman–Crippen MR) is 130 cm³/mol. The van der Waals surface area contributed by atoms with E-state index in [9.17, 15) is 24.3 Å². The third kappa shape index (κ3) is 9.66. The molecular formula is C22H30N6O6S. The van der Waals surface area contributed by atoms with E-state index in [1.165, 1.54) is 36.4 Å². The third-order valence-electron chi connectivity index (χ3n) is 5.00. The maximum Gasteiger partial charge on any atom is 0.322 e. The van der Waals surface area contributed by atoms with Crippen LogP contribution in [0.1, 0.15) is 17.7 Å². The minimum Gasteiger partial charge on any atom is -0.508 e. The zero-order valence-corrected chi connectivity index (χ0v) is 20.0. The van der Waals surface area contributed by atoms with Crippen molar-refractivity contribution in [2.75, 3.05) is 18.6 Å². The van der Waals surface area contributed by atoms with E-state index in [0.717, 1.165) is 5.56 Å². The SMILES string of the molecule is CSCCC(NC(=O)C(N)Cc1ccc(O)cc1)C(=O)NC(Cc1cnc[nH]1)C(=O)NCC(=O)O. The summed E-state index contributed by atoms with van der Waals surface area (Å²) in [6.07, 6.45) is 5.29. The van der Waals surface area contributed by atoms with Crippen molar-refractivity contribution >= 4 is 35.5 Å². The Labute approximate surface area is 206 Å². The molecule has 0 aliphatic carbocycles. The second-order valence-corrected chi connectivity index (χ2v) is 8.76. The van der Waals surface area contributed by atoms with E-state index >= 15 is 0 Å². The number of carbonyl (C=O) groups excluding carboxylic acids is 3. The lowest BCUT2D eigenvalue weighted by Gasteiger charge is -2.24. The van der Waals surface area contributed by atoms with Crippen molar-refractivity contribution in [2.24, 2.45) is 5.73 Å². The number of nitrogens with zero attached hydrogens (tertiary/aromatic N) is 1. The fourth-order valence-electron chi connectivity index (χ4n) is 3.15. The lowest BCUT2D eigenvalue weighted by Crippen LogP contribution is -2.57. The summed E-state index contributed by atoms with van der Waals surface area (Å²) in [7, 11) is 0. The Morgan fingerprint density at radius 1 is 1.06 bits per heavy atom. The number of aromatic amines is 1. The average Bonchev–Trinajstić information content (AvgIpc) is 3.34. The first kappa shape index (κ1) is 27.7. The van der Waals surface area contributed by atoms with Crippen molar-refractivity contribution in [1.82, 2.24) is 25.9 Å². The van der Waals surface area contributed by atoms with E-state index in [2.05, 4.69) is 25.9 Å². The smallest absolute Gasteiger partial charge is 0.322 e. The van der Waals surface area contributed by atoms with Crippen LogP contribution in [0.25, 0.3) is 0 Å². The van der Waals surface area contributed by atoms with Crippen LogP contribution in [0.5, 0.6) is 5.75 Å². The maximum atomic E-state index is 13.1. The molecular weight excluding hydrogens is 476 g/mol. The number of amides is 3. The number of nitrogens with two attached hydrogens (primary N) is 1. The summed E-state index contributed by atoms with van der Waals surface area (Å²) in [5, 5.41) is 25.8. The van der Waals surface area contributed by atoms with Gasteiger partial charge in [0.25, 0.3) is 0 Å². The number of carboxylic acid groups (broad SMARTS) is 1. The van der Waals surface area contributed by atoms with Crippen LogP contribution in [0.4, 0.5) is 0 Å². The van der Waals surface area contributed by atoms with E-state index in [1.54, 1.807) is 12.1 Å². The van der Waals surface area contributed by atoms with E-state index in [1.807, 2.05) is 6.26 Å². The van der Waals surface area contributed by atoms with Crippen molar-refractivity contribution in [3.05, 3.63) is 48.0 Å². The topological polar surface area (TPSA) is 200 Å². The van der Waals surface area contributed by atoms with Crippen molar-refractivity contribution in [2.45, 2.75) is 37.4 Å². The Morgan fingerprint density at radius 3 is 2.34 bits per heavy atom. The zero-order valence-electron chi connectivity index (χ0n) is 19.2. The van der Waals surface area contributed by atoms with Gasteiger partial charge in [0, 0.05) is 18.3 Å². The number of aliphatic carboxylic acids is 1. The molecule has 35 heavy (non-hydrogen) atoms. The third-order valence-corrected chi connectivity index (χ3v) is 5.64. The average molecular weight is 507 g/mol. The highest BCUT2D eigenvalue weighted by atomic mass is 32.2. The second kappa shape index (κ2) is 14.0. The van der Waals surface area contributed by atoms with Gasteiger partial charge in [-0.3, -0.25) is 19.2 Å². The van der Waals surface area contributed by atoms with Gasteiger partial charge in [-0.25, -0.2) is 4.98 Å². The summed E-state index contributed by atoms with van der Waals surface area (Å²) in [5.41, 5.74) is 7.33. The van der Waals surface area contributed by atoms with Crippen LogP contribution < -0.4 is 21.7 Å². The van der Waals surface area contributed by atoms with Gasteiger partial charge in [-0.1, -0.05) is 12.1 Å². The van der Waals surface area contributed by atoms with Crippen LogP contribution in [0.3, 0.4) is 0 Å². The van der Waals surface area contributed by atoms with Gasteiger partial charge < -0.3 is 36.9 Å². The van der Waals surface area contributed by atoms with Crippen LogP contribution in [0, 0.1) is 0 Å². The molecule has 3 unspecified atom stereocenters. The number of phenolic OH excluding ortho intramolecular Hbond substituents is 1. The minimum absolute atomic E-state index is 0.0424. The molecule has 1 heterocycles. The summed E-state index contributed by atoms with van der Waals surface area (Å²) < 4.78 is 0. The molecule has 0 spiro atoms. The molecule has 12 nitrogen and oxygen atoms in total. The van der Waals surface area contributed by atoms with E-state index in [-0.39, 0.29) is 25.0 Å². The van der Waals surface area contributed by atoms with E-state index < -0.39 is 48.4 Å². The molecule has 0 saturated heterocycles. The highest BCUT2D eigenvalue weighted by Crippen LogP contribution is 2.11. The normalized spacial score (nSPS) is 13.3. The second-order valence-electron chi connectivity index (χ2n) is 7.77. The summed E-state index contributed by atoms with van der Waals surface area (Å²) in [4.78, 5) is 55.9. The molecule has 0 saturated carbocycles. The lowest BCUT2D eigenvalue weighted by atomic mass is 10.0. The molecule has 0 aliphatic heterocycles. The molecule has 3 atom stereocenters. The summed E-state index contributed by atoms with van der Waals surface area (Å²) in [6.45, 7) is -0.604. The number of imidazole rings is 1. The predicted octanol–water partition coefficient (Wildman–Crippen LogP) is -0.849. The standard InChI is InChI=1S/C22H30N6O6S/c1-35-7-6-17(27-20(32)16(23)8-13-2-4-15(29)5-3-13)22(34)28-18(9-14-10-24-12-26-14)21(33)25-11-19(30)31/h2-5,10,12,16-18,29H,6-9,11,23H2,1H3,(H,24,26)(H,25,33)(H,27,32)(H,28,34)(H,30,31). The number of carboxylic acids is 1. The highest BCUT2D eigenvalue weighted by Gasteiger charge is 2.28. The molecule has 0 bridgehead atoms. The van der Waals surface area contributed by atoms with Crippen LogP contribution in [-0.4, -0.2) is 80.6 Å². The van der Waals surface area contributed by atoms with Crippen molar-refractivity contribution in [3.8, 4) is 5.75 Å². The molecule has 190 valence electrons. The van der Waals surface area contributed by atoms with Gasteiger partial charge in [0.05, 0.1) is 12.4 Å². The Bertz CT molecular complexity index is 985. The van der Waals surface area contributed by atoms with Gasteiger partial charge in [-0.2, -0.15) is 11.8 Å². The highest BCUT2D eigenvalue weighted by molar-refractivity contribution is 7.98. The number of rotatable bonds is 14. The van der Waals surface area contributed by atoms with Gasteiger partial charge in [-0.05, 0) is 42.5 Å². The van der Waals surface area contributed by atoms with Crippen LogP contribution in [0.2, 0.25) is 0 Å². The number of aromatic hydroxyl groups is 1. The molecule has 3 amide bonds. The monoisotopic (exact) mass is 506 g/mol. The van der Waals surface area contributed by atoms with Gasteiger partial charge in [-0.15, -0.1) is 0 Å². The van der Waals surface area contributed by atoms with Crippen molar-refractivity contribution < 1.29 is 29.4 Å². The van der Waals surface area contributed by atoms with E-state index in [0.29, 0.717) is 11.4 Å². The maximum absolute atomic E-state index is 13.1. The fourth-order valence-corrected chi connectivity index (χ4v) is 3.62. The van der Waals surface area contributed by atoms with Crippen molar-refractivity contribution in [1.29, 1.82) is 0 Å². The molecule has 2 rings (SSSR count). The van der Waals surface area contributed by atoms with Crippen LogP contribution in [-0.2, 0) is 32.0 Å². The first-order chi connectivity index (χ1) is 16.7. The minimum atomic E-state index is -1.22. The molecule has 0 fully saturated rings. The molecule has 1 aromatic heterocycles. The number of H-pyrrole nitrogens is 1. The number of aromatic nitrogens is 2. The van der Waals surface area contributed by atoms with Crippen molar-refractivity contribution in [3.63, 3.8) is 0 Å². The molecule has 1 aromatic carbocycles. The Hall–Kier alpha value is -3.58. The molecule has 8 N–H and O–H groups in total. The Kier molecular flexibility index (Phi) is 11.0. The number of hydrogen-bond acceptors (Lipinski definition) is 8. The summed E-state index contributed by atoms with van der Waals surface area (Å²) in [6, 6.07) is 3.28. The number of thioether (sulfide) groups is 1. The van der Waals surface area contributed by atoms with Gasteiger partial charge in [0.1, 0.15) is 24.4 Å². The van der Waals surface area contributed by atoms with E-state index in [4.69, 9.17) is 10.8 Å². The number of benzene rings is 1. The Balaban J connectivity index is 2.07. The fraction of sp³-hybridized carbons (Fsp3) is 0.409. The van der Waals surface area contributed by atoms with Gasteiger partial charge >= 0.3 is 5.97 Å². The molecule has 13 heteroatoms. The number of nitrogens with one attached hydrogen (secondary N) is 4. The summed E-state index contributed by atoms with van der Waals surface area (Å²) in [5.74, 6) is -2.40. The largest absolute Gasteiger partial charge is 0.508 e. The molecule has 2 aromatic rings. The summed E-state index contributed by atoms with van der Waals surface area (Å²) >= 11 is 1.48. The first-order valence-corrected chi connectivity index (χ1v) is 12.2. The lowest BCUT2D eigenvalue weighted by molar-refractivity contribution is -0.138. The molecule has 0 radical (unpaired) electrons. The number of hydrogen-bond donors (Lipinski definition) is 7. The number of phenols is 1. The van der Waals surface area contributed by atoms with Gasteiger partial charge in [0.2, 0.25) is 17.7 Å². The van der Waals surface area contributed by atoms with Gasteiger partial charge in [0.15, 0.2) is 0 Å². The quantitative estimate of drug-likeness (QED) is 0.170. The zero-order chi connectivity index (χ0) is 25.8. The van der Waals surface area contributed by atoms with Crippen LogP contribution >= 0.6 is 11.8 Å². The first-order valence-electron chi connectivity index (χ1n) is 10.8.